The van der Waals surface area contributed by atoms with Crippen molar-refractivity contribution in [1.82, 2.24) is 0 Å². The third-order valence-corrected chi connectivity index (χ3v) is 2.63. The zero-order valence-electron chi connectivity index (χ0n) is 7.24. The number of hydrogen-bond acceptors (Lipinski definition) is 3. The lowest BCUT2D eigenvalue weighted by atomic mass is 10.1. The fraction of sp³-hybridized carbons (Fsp3) is 0.125. The Morgan fingerprint density at radius 3 is 2.60 bits per heavy atom. The van der Waals surface area contributed by atoms with Crippen molar-refractivity contribution in [3.63, 3.8) is 0 Å². The van der Waals surface area contributed by atoms with Crippen LogP contribution in [0, 0.1) is 10.1 Å². The average Bonchev–Trinajstić information content (AvgIpc) is 2.15. The standard InChI is InChI=1S/C8H5BrClNO4/c9-3-4-1-5(8(12)13)7(11(14)15)6(10)2-4/h1-2H,3H2,(H,12,13). The Bertz CT molecular complexity index is 435. The normalized spacial score (nSPS) is 10.0. The summed E-state index contributed by atoms with van der Waals surface area (Å²) in [6.07, 6.45) is 0. The van der Waals surface area contributed by atoms with Gasteiger partial charge in [0.25, 0.3) is 0 Å². The molecule has 0 aromatic heterocycles. The first-order valence-corrected chi connectivity index (χ1v) is 5.23. The first-order chi connectivity index (χ1) is 6.97. The molecule has 0 unspecified atom stereocenters. The smallest absolute Gasteiger partial charge is 0.342 e. The van der Waals surface area contributed by atoms with E-state index in [0.29, 0.717) is 10.9 Å². The summed E-state index contributed by atoms with van der Waals surface area (Å²) in [6, 6.07) is 2.59. The average molecular weight is 294 g/mol. The molecule has 0 radical (unpaired) electrons. The van der Waals surface area contributed by atoms with E-state index in [1.54, 1.807) is 0 Å². The summed E-state index contributed by atoms with van der Waals surface area (Å²) >= 11 is 8.74. The molecule has 0 fully saturated rings. The summed E-state index contributed by atoms with van der Waals surface area (Å²) in [5, 5.41) is 19.6. The van der Waals surface area contributed by atoms with Crippen LogP contribution in [0.1, 0.15) is 15.9 Å². The third kappa shape index (κ3) is 2.45. The predicted octanol–water partition coefficient (Wildman–Crippen LogP) is 2.84. The number of carboxylic acids is 1. The van der Waals surface area contributed by atoms with Gasteiger partial charge in [0.2, 0.25) is 0 Å². The van der Waals surface area contributed by atoms with E-state index < -0.39 is 22.1 Å². The Balaban J connectivity index is 3.49. The third-order valence-electron chi connectivity index (χ3n) is 1.69. The van der Waals surface area contributed by atoms with Crippen molar-refractivity contribution in [2.45, 2.75) is 5.33 Å². The highest BCUT2D eigenvalue weighted by Crippen LogP contribution is 2.30. The minimum atomic E-state index is -1.37. The molecule has 1 aromatic carbocycles. The molecule has 0 aliphatic rings. The largest absolute Gasteiger partial charge is 0.477 e. The Hall–Kier alpha value is -1.14. The van der Waals surface area contributed by atoms with Crippen LogP contribution in [-0.4, -0.2) is 16.0 Å². The van der Waals surface area contributed by atoms with E-state index in [4.69, 9.17) is 16.7 Å². The minimum Gasteiger partial charge on any atom is -0.477 e. The highest BCUT2D eigenvalue weighted by Gasteiger charge is 2.24. The molecule has 5 nitrogen and oxygen atoms in total. The number of rotatable bonds is 3. The number of nitro benzene ring substituents is 1. The number of nitro groups is 1. The van der Waals surface area contributed by atoms with E-state index in [1.165, 1.54) is 12.1 Å². The zero-order chi connectivity index (χ0) is 11.6. The second-order valence-corrected chi connectivity index (χ2v) is 3.64. The monoisotopic (exact) mass is 293 g/mol. The van der Waals surface area contributed by atoms with E-state index in [1.807, 2.05) is 0 Å². The second-order valence-electron chi connectivity index (χ2n) is 2.67. The van der Waals surface area contributed by atoms with E-state index >= 15 is 0 Å². The van der Waals surface area contributed by atoms with Gasteiger partial charge in [-0.05, 0) is 17.7 Å². The number of hydrogen-bond donors (Lipinski definition) is 1. The molecule has 1 aromatic rings. The van der Waals surface area contributed by atoms with Crippen LogP contribution in [0.5, 0.6) is 0 Å². The zero-order valence-corrected chi connectivity index (χ0v) is 9.58. The molecule has 0 bridgehead atoms. The van der Waals surface area contributed by atoms with Gasteiger partial charge in [-0.15, -0.1) is 0 Å². The fourth-order valence-corrected chi connectivity index (χ4v) is 1.72. The summed E-state index contributed by atoms with van der Waals surface area (Å²) in [7, 11) is 0. The molecule has 0 atom stereocenters. The number of halogens is 2. The Morgan fingerprint density at radius 1 is 1.60 bits per heavy atom. The fourth-order valence-electron chi connectivity index (χ4n) is 1.08. The van der Waals surface area contributed by atoms with Gasteiger partial charge in [0.15, 0.2) is 0 Å². The molecule has 0 saturated heterocycles. The van der Waals surface area contributed by atoms with Crippen LogP contribution < -0.4 is 0 Å². The van der Waals surface area contributed by atoms with Crippen molar-refractivity contribution in [2.75, 3.05) is 0 Å². The van der Waals surface area contributed by atoms with Gasteiger partial charge in [-0.25, -0.2) is 4.79 Å². The van der Waals surface area contributed by atoms with E-state index in [2.05, 4.69) is 15.9 Å². The number of nitrogens with zero attached hydrogens (tertiary/aromatic N) is 1. The number of carboxylic acid groups (broad SMARTS) is 1. The first kappa shape index (κ1) is 11.9. The predicted molar refractivity (Wildman–Crippen MR) is 57.7 cm³/mol. The summed E-state index contributed by atoms with van der Waals surface area (Å²) in [4.78, 5) is 20.6. The van der Waals surface area contributed by atoms with Crippen LogP contribution in [0.25, 0.3) is 0 Å². The lowest BCUT2D eigenvalue weighted by Gasteiger charge is -2.02. The van der Waals surface area contributed by atoms with E-state index in [9.17, 15) is 14.9 Å². The molecule has 80 valence electrons. The lowest BCUT2D eigenvalue weighted by Crippen LogP contribution is -2.04. The molecule has 0 amide bonds. The summed E-state index contributed by atoms with van der Waals surface area (Å²) in [5.41, 5.74) is -0.404. The molecule has 0 saturated carbocycles. The van der Waals surface area contributed by atoms with Gasteiger partial charge < -0.3 is 5.11 Å². The highest BCUT2D eigenvalue weighted by molar-refractivity contribution is 9.08. The maximum absolute atomic E-state index is 10.8. The van der Waals surface area contributed by atoms with Crippen molar-refractivity contribution < 1.29 is 14.8 Å². The molecule has 0 heterocycles. The highest BCUT2D eigenvalue weighted by atomic mass is 79.9. The molecular formula is C8H5BrClNO4. The molecule has 7 heteroatoms. The van der Waals surface area contributed by atoms with Gasteiger partial charge in [0, 0.05) is 5.33 Å². The molecule has 15 heavy (non-hydrogen) atoms. The lowest BCUT2D eigenvalue weighted by molar-refractivity contribution is -0.385. The van der Waals surface area contributed by atoms with Crippen molar-refractivity contribution in [2.24, 2.45) is 0 Å². The van der Waals surface area contributed by atoms with Crippen LogP contribution in [0.3, 0.4) is 0 Å². The van der Waals surface area contributed by atoms with Crippen LogP contribution in [0.4, 0.5) is 5.69 Å². The van der Waals surface area contributed by atoms with Gasteiger partial charge in [-0.1, -0.05) is 27.5 Å². The van der Waals surface area contributed by atoms with Crippen LogP contribution in [0.15, 0.2) is 12.1 Å². The van der Waals surface area contributed by atoms with Crippen LogP contribution in [0.2, 0.25) is 5.02 Å². The van der Waals surface area contributed by atoms with E-state index in [0.717, 1.165) is 0 Å². The first-order valence-electron chi connectivity index (χ1n) is 3.73. The Morgan fingerprint density at radius 2 is 2.20 bits per heavy atom. The van der Waals surface area contributed by atoms with Crippen LogP contribution in [-0.2, 0) is 5.33 Å². The maximum atomic E-state index is 10.8. The van der Waals surface area contributed by atoms with Gasteiger partial charge in [0.1, 0.15) is 10.6 Å². The molecule has 1 rings (SSSR count). The molecule has 0 aliphatic heterocycles. The number of aromatic carboxylic acids is 1. The summed E-state index contributed by atoms with van der Waals surface area (Å²) in [6.45, 7) is 0. The maximum Gasteiger partial charge on any atom is 0.342 e. The Kier molecular flexibility index (Phi) is 3.65. The number of alkyl halides is 1. The van der Waals surface area contributed by atoms with Gasteiger partial charge >= 0.3 is 11.7 Å². The molecule has 0 aliphatic carbocycles. The van der Waals surface area contributed by atoms with Crippen LogP contribution >= 0.6 is 27.5 Å². The summed E-state index contributed by atoms with van der Waals surface area (Å²) in [5.74, 6) is -1.37. The molecule has 1 N–H and O–H groups in total. The van der Waals surface area contributed by atoms with Gasteiger partial charge in [-0.2, -0.15) is 0 Å². The van der Waals surface area contributed by atoms with Crippen molar-refractivity contribution in [3.05, 3.63) is 38.4 Å². The van der Waals surface area contributed by atoms with Crippen molar-refractivity contribution >= 4 is 39.2 Å². The number of carbonyl (C=O) groups is 1. The number of benzene rings is 1. The van der Waals surface area contributed by atoms with E-state index in [-0.39, 0.29) is 5.02 Å². The molecular weight excluding hydrogens is 289 g/mol. The SMILES string of the molecule is O=C(O)c1cc(CBr)cc(Cl)c1[N+](=O)[O-]. The topological polar surface area (TPSA) is 80.4 Å². The van der Waals surface area contributed by atoms with Gasteiger partial charge in [-0.3, -0.25) is 10.1 Å². The molecule has 0 spiro atoms. The summed E-state index contributed by atoms with van der Waals surface area (Å²) < 4.78 is 0. The van der Waals surface area contributed by atoms with Crippen molar-refractivity contribution in [1.29, 1.82) is 0 Å². The minimum absolute atomic E-state index is 0.172. The van der Waals surface area contributed by atoms with Gasteiger partial charge in [0.05, 0.1) is 4.92 Å². The Labute approximate surface area is 97.9 Å². The van der Waals surface area contributed by atoms with Crippen molar-refractivity contribution in [3.8, 4) is 0 Å². The second kappa shape index (κ2) is 4.59. The quantitative estimate of drug-likeness (QED) is 0.528.